The van der Waals surface area contributed by atoms with Crippen LogP contribution in [0.4, 0.5) is 0 Å². The summed E-state index contributed by atoms with van der Waals surface area (Å²) in [7, 11) is 0. The molecule has 0 amide bonds. The Morgan fingerprint density at radius 3 is 1.44 bits per heavy atom. The smallest absolute Gasteiger partial charge is 0.333 e. The van der Waals surface area contributed by atoms with Gasteiger partial charge in [0, 0.05) is 22.3 Å². The number of aliphatic hydroxyl groups is 1. The molecule has 0 aromatic heterocycles. The molecule has 288 valence electrons. The molecule has 0 bridgehead atoms. The summed E-state index contributed by atoms with van der Waals surface area (Å²) in [6.45, 7) is 18.5. The van der Waals surface area contributed by atoms with Crippen LogP contribution in [0.1, 0.15) is 70.2 Å². The van der Waals surface area contributed by atoms with Crippen molar-refractivity contribution in [2.24, 2.45) is 0 Å². The highest BCUT2D eigenvalue weighted by Gasteiger charge is 2.36. The molecule has 0 saturated carbocycles. The molecule has 6 rings (SSSR count). The lowest BCUT2D eigenvalue weighted by Gasteiger charge is -2.11. The van der Waals surface area contributed by atoms with Crippen LogP contribution in [0.15, 0.2) is 97.1 Å². The van der Waals surface area contributed by atoms with E-state index in [4.69, 9.17) is 40.4 Å². The topological polar surface area (TPSA) is 135 Å². The van der Waals surface area contributed by atoms with Crippen LogP contribution in [-0.4, -0.2) is 54.7 Å². The van der Waals surface area contributed by atoms with E-state index >= 15 is 0 Å². The molecule has 4 aromatic carbocycles. The Bertz CT molecular complexity index is 2070. The summed E-state index contributed by atoms with van der Waals surface area (Å²) in [5.74, 6) is 0.896. The van der Waals surface area contributed by atoms with Crippen molar-refractivity contribution in [3.8, 4) is 23.0 Å². The van der Waals surface area contributed by atoms with Crippen molar-refractivity contribution in [1.29, 1.82) is 0 Å². The number of hydrogen-bond acceptors (Lipinski definition) is 10. The van der Waals surface area contributed by atoms with E-state index < -0.39 is 17.1 Å². The number of hydrogen-bond donors (Lipinski definition) is 1. The Kier molecular flexibility index (Phi) is 14.6. The molecule has 0 fully saturated rings. The first kappa shape index (κ1) is 42.0. The number of carbonyl (C=O) groups excluding carboxylic acids is 4. The minimum atomic E-state index is -0.463. The van der Waals surface area contributed by atoms with Gasteiger partial charge in [-0.05, 0) is 99.7 Å². The van der Waals surface area contributed by atoms with Gasteiger partial charge in [0.2, 0.25) is 5.24 Å². The van der Waals surface area contributed by atoms with Gasteiger partial charge >= 0.3 is 17.9 Å². The minimum absolute atomic E-state index is 0.0252. The fourth-order valence-corrected chi connectivity index (χ4v) is 5.98. The molecule has 11 heteroatoms. The van der Waals surface area contributed by atoms with Crippen LogP contribution in [0.5, 0.6) is 23.0 Å². The summed E-state index contributed by atoms with van der Waals surface area (Å²) in [4.78, 5) is 45.8. The van der Waals surface area contributed by atoms with Crippen molar-refractivity contribution in [2.75, 3.05) is 26.4 Å². The van der Waals surface area contributed by atoms with E-state index in [1.54, 1.807) is 38.1 Å². The predicted molar refractivity (Wildman–Crippen MR) is 209 cm³/mol. The van der Waals surface area contributed by atoms with Crippen LogP contribution < -0.4 is 18.9 Å². The van der Waals surface area contributed by atoms with Crippen LogP contribution in [0.3, 0.4) is 0 Å². The van der Waals surface area contributed by atoms with Crippen molar-refractivity contribution >= 4 is 34.8 Å². The summed E-state index contributed by atoms with van der Waals surface area (Å²) in [6, 6.07) is 22.7. The van der Waals surface area contributed by atoms with Gasteiger partial charge in [-0.1, -0.05) is 72.8 Å². The zero-order valence-corrected chi connectivity index (χ0v) is 32.6. The van der Waals surface area contributed by atoms with Crippen molar-refractivity contribution in [1.82, 2.24) is 0 Å². The van der Waals surface area contributed by atoms with Crippen molar-refractivity contribution in [3.05, 3.63) is 142 Å². The maximum atomic E-state index is 12.4. The molecule has 1 N–H and O–H groups in total. The quantitative estimate of drug-likeness (QED) is 0.0528. The lowest BCUT2D eigenvalue weighted by atomic mass is 9.90. The Morgan fingerprint density at radius 1 is 0.673 bits per heavy atom. The number of benzene rings is 4. The van der Waals surface area contributed by atoms with E-state index in [2.05, 4.69) is 13.2 Å². The maximum absolute atomic E-state index is 12.4. The van der Waals surface area contributed by atoms with Crippen LogP contribution in [0.2, 0.25) is 0 Å². The lowest BCUT2D eigenvalue weighted by Crippen LogP contribution is -2.13. The molecule has 2 aliphatic heterocycles. The Balaban J connectivity index is 0.000000216. The first-order valence-corrected chi connectivity index (χ1v) is 17.9. The van der Waals surface area contributed by atoms with Crippen LogP contribution in [-0.2, 0) is 23.9 Å². The Hall–Kier alpha value is -5.71. The van der Waals surface area contributed by atoms with Gasteiger partial charge in [-0.3, -0.25) is 14.4 Å². The van der Waals surface area contributed by atoms with E-state index in [-0.39, 0.29) is 44.3 Å². The average molecular weight is 769 g/mol. The van der Waals surface area contributed by atoms with E-state index in [1.165, 1.54) is 0 Å². The molecular formula is C44H45ClO10. The number of esters is 3. The highest BCUT2D eigenvalue weighted by atomic mass is 35.5. The van der Waals surface area contributed by atoms with Crippen molar-refractivity contribution in [3.63, 3.8) is 0 Å². The first-order chi connectivity index (χ1) is 26.1. The maximum Gasteiger partial charge on any atom is 0.333 e. The summed E-state index contributed by atoms with van der Waals surface area (Å²) in [6.07, 6.45) is 0. The SMILES string of the molecule is C=C(C)C(=O)Cl.C=C(C)C(=O)OCCOc1ccc(C2C(=O)Oc3c(C)cc(C)cc32)cc1.Cc1cc(C)c2c(c1)C(c1ccc(OCCO)cc1)C(=O)O2. The zero-order chi connectivity index (χ0) is 40.4. The van der Waals surface area contributed by atoms with Crippen LogP contribution >= 0.6 is 11.6 Å². The van der Waals surface area contributed by atoms with Gasteiger partial charge in [0.1, 0.15) is 54.7 Å². The normalized spacial score (nSPS) is 14.8. The number of ether oxygens (including phenoxy) is 5. The van der Waals surface area contributed by atoms with Gasteiger partial charge < -0.3 is 28.8 Å². The number of halogens is 1. The molecule has 4 aromatic rings. The van der Waals surface area contributed by atoms with E-state index in [0.717, 1.165) is 44.5 Å². The van der Waals surface area contributed by atoms with E-state index in [0.29, 0.717) is 34.1 Å². The minimum Gasteiger partial charge on any atom is -0.491 e. The molecule has 0 saturated heterocycles. The standard InChI is InChI=1S/C22H22O5.C18H18O4.C4H5ClO/c1-13(2)21(23)26-10-9-25-17-7-5-16(6-8-17)19-18-12-14(3)11-15(4)20(18)27-22(19)24;1-11-9-12(2)17-15(10-11)16(18(20)22-17)13-3-5-14(6-4-13)21-8-7-19;1-3(2)4(5)6/h5-8,11-12,19H,1,9-10H2,2-4H3;3-6,9-10,16,19H,7-8H2,1-2H3;1H2,2H3. The van der Waals surface area contributed by atoms with Gasteiger partial charge in [-0.25, -0.2) is 4.79 Å². The number of aliphatic hydroxyl groups excluding tert-OH is 1. The summed E-state index contributed by atoms with van der Waals surface area (Å²) >= 11 is 4.87. The van der Waals surface area contributed by atoms with E-state index in [1.807, 2.05) is 76.2 Å². The summed E-state index contributed by atoms with van der Waals surface area (Å²) in [5, 5.41) is 8.30. The van der Waals surface area contributed by atoms with Crippen LogP contribution in [0, 0.1) is 27.7 Å². The third-order valence-electron chi connectivity index (χ3n) is 8.45. The third-order valence-corrected chi connectivity index (χ3v) is 8.77. The summed E-state index contributed by atoms with van der Waals surface area (Å²) in [5.41, 5.74) is 8.45. The molecule has 2 aliphatic rings. The lowest BCUT2D eigenvalue weighted by molar-refractivity contribution is -0.139. The average Bonchev–Trinajstić information content (AvgIpc) is 3.65. The predicted octanol–water partition coefficient (Wildman–Crippen LogP) is 7.91. The van der Waals surface area contributed by atoms with Gasteiger partial charge in [0.05, 0.1) is 6.61 Å². The Labute approximate surface area is 326 Å². The molecule has 55 heavy (non-hydrogen) atoms. The van der Waals surface area contributed by atoms with Gasteiger partial charge in [0.15, 0.2) is 0 Å². The fraction of sp³-hybridized carbons (Fsp3) is 0.273. The molecular weight excluding hydrogens is 724 g/mol. The Morgan fingerprint density at radius 2 is 1.07 bits per heavy atom. The monoisotopic (exact) mass is 768 g/mol. The molecule has 10 nitrogen and oxygen atoms in total. The summed E-state index contributed by atoms with van der Waals surface area (Å²) < 4.78 is 26.8. The highest BCUT2D eigenvalue weighted by molar-refractivity contribution is 6.67. The number of fused-ring (bicyclic) bond motifs is 2. The molecule has 0 aliphatic carbocycles. The fourth-order valence-electron chi connectivity index (χ4n) is 5.98. The number of rotatable bonds is 11. The van der Waals surface area contributed by atoms with Crippen molar-refractivity contribution in [2.45, 2.75) is 53.4 Å². The zero-order valence-electron chi connectivity index (χ0n) is 31.8. The van der Waals surface area contributed by atoms with Gasteiger partial charge in [-0.2, -0.15) is 0 Å². The number of aryl methyl sites for hydroxylation is 4. The van der Waals surface area contributed by atoms with Crippen molar-refractivity contribution < 1.29 is 48.0 Å². The first-order valence-electron chi connectivity index (χ1n) is 17.5. The van der Waals surface area contributed by atoms with Gasteiger partial charge in [0.25, 0.3) is 0 Å². The van der Waals surface area contributed by atoms with Gasteiger partial charge in [-0.15, -0.1) is 0 Å². The second kappa shape index (κ2) is 19.1. The second-order valence-electron chi connectivity index (χ2n) is 13.2. The van der Waals surface area contributed by atoms with E-state index in [9.17, 15) is 19.2 Å². The molecule has 2 atom stereocenters. The largest absolute Gasteiger partial charge is 0.491 e. The molecule has 2 unspecified atom stereocenters. The molecule has 0 radical (unpaired) electrons. The number of carbonyl (C=O) groups is 4. The number of allylic oxidation sites excluding steroid dienone is 1. The third kappa shape index (κ3) is 10.9. The molecule has 0 spiro atoms. The second-order valence-corrected chi connectivity index (χ2v) is 13.6. The van der Waals surface area contributed by atoms with Crippen LogP contribution in [0.25, 0.3) is 0 Å². The molecule has 2 heterocycles. The highest BCUT2D eigenvalue weighted by Crippen LogP contribution is 2.43.